The van der Waals surface area contributed by atoms with Crippen LogP contribution in [0.4, 0.5) is 0 Å². The maximum Gasteiger partial charge on any atom is 0.223 e. The Morgan fingerprint density at radius 2 is 2.14 bits per heavy atom. The number of aromatic nitrogens is 2. The molecule has 0 N–H and O–H groups in total. The van der Waals surface area contributed by atoms with E-state index >= 15 is 0 Å². The first-order valence-electron chi connectivity index (χ1n) is 7.34. The molecule has 1 unspecified atom stereocenters. The number of hydrogen-bond acceptors (Lipinski definition) is 4. The summed E-state index contributed by atoms with van der Waals surface area (Å²) in [5, 5.41) is 3.93. The Hall–Kier alpha value is -2.17. The zero-order valence-electron chi connectivity index (χ0n) is 12.2. The summed E-state index contributed by atoms with van der Waals surface area (Å²) in [5.41, 5.74) is 1.31. The number of aryl methyl sites for hydroxylation is 2. The average Bonchev–Trinajstić information content (AvgIpc) is 3.07. The second-order valence-corrected chi connectivity index (χ2v) is 5.50. The Bertz CT molecular complexity index is 609. The normalized spacial score (nSPS) is 18.4. The molecule has 3 rings (SSSR count). The van der Waals surface area contributed by atoms with Crippen molar-refractivity contribution in [2.45, 2.75) is 32.1 Å². The molecule has 110 valence electrons. The lowest BCUT2D eigenvalue weighted by Crippen LogP contribution is -2.26. The minimum atomic E-state index is 0.0756. The summed E-state index contributed by atoms with van der Waals surface area (Å²) in [6.45, 7) is 3.26. The van der Waals surface area contributed by atoms with Crippen molar-refractivity contribution < 1.29 is 9.32 Å². The second kappa shape index (κ2) is 6.08. The van der Waals surface area contributed by atoms with E-state index < -0.39 is 0 Å². The van der Waals surface area contributed by atoms with Gasteiger partial charge in [0.05, 0.1) is 0 Å². The zero-order valence-corrected chi connectivity index (χ0v) is 12.2. The molecule has 0 radical (unpaired) electrons. The van der Waals surface area contributed by atoms with Gasteiger partial charge in [-0.1, -0.05) is 35.5 Å². The second-order valence-electron chi connectivity index (χ2n) is 5.50. The lowest BCUT2D eigenvalue weighted by molar-refractivity contribution is -0.127. The van der Waals surface area contributed by atoms with Gasteiger partial charge >= 0.3 is 0 Å². The highest BCUT2D eigenvalue weighted by Crippen LogP contribution is 2.26. The molecule has 1 saturated heterocycles. The molecule has 1 aromatic heterocycles. The van der Waals surface area contributed by atoms with E-state index in [0.29, 0.717) is 24.7 Å². The van der Waals surface area contributed by atoms with E-state index in [0.717, 1.165) is 19.4 Å². The van der Waals surface area contributed by atoms with Crippen LogP contribution in [-0.4, -0.2) is 34.0 Å². The SMILES string of the molecule is Cc1nc(C2CC(=O)N(CCCc3ccccc3)C2)no1. The maximum absolute atomic E-state index is 12.0. The fraction of sp³-hybridized carbons (Fsp3) is 0.438. The first kappa shape index (κ1) is 13.8. The van der Waals surface area contributed by atoms with Crippen LogP contribution < -0.4 is 0 Å². The van der Waals surface area contributed by atoms with Crippen molar-refractivity contribution in [2.75, 3.05) is 13.1 Å². The van der Waals surface area contributed by atoms with Crippen molar-refractivity contribution in [2.24, 2.45) is 0 Å². The molecule has 0 aliphatic carbocycles. The summed E-state index contributed by atoms with van der Waals surface area (Å²) >= 11 is 0. The van der Waals surface area contributed by atoms with Crippen LogP contribution in [0, 0.1) is 6.92 Å². The standard InChI is InChI=1S/C16H19N3O2/c1-12-17-16(18-21-12)14-10-15(20)19(11-14)9-5-8-13-6-3-2-4-7-13/h2-4,6-7,14H,5,8-11H2,1H3. The van der Waals surface area contributed by atoms with E-state index in [1.54, 1.807) is 6.92 Å². The van der Waals surface area contributed by atoms with Crippen LogP contribution in [0.2, 0.25) is 0 Å². The molecule has 0 bridgehead atoms. The van der Waals surface area contributed by atoms with Crippen LogP contribution in [0.15, 0.2) is 34.9 Å². The van der Waals surface area contributed by atoms with E-state index in [1.807, 2.05) is 23.1 Å². The number of benzene rings is 1. The number of likely N-dealkylation sites (tertiary alicyclic amines) is 1. The monoisotopic (exact) mass is 285 g/mol. The number of carbonyl (C=O) groups excluding carboxylic acids is 1. The summed E-state index contributed by atoms with van der Waals surface area (Å²) in [6.07, 6.45) is 2.47. The number of rotatable bonds is 5. The lowest BCUT2D eigenvalue weighted by Gasteiger charge is -2.15. The van der Waals surface area contributed by atoms with Gasteiger partial charge < -0.3 is 9.42 Å². The molecule has 0 saturated carbocycles. The van der Waals surface area contributed by atoms with Crippen LogP contribution in [0.1, 0.15) is 36.0 Å². The maximum atomic E-state index is 12.0. The Labute approximate surface area is 124 Å². The summed E-state index contributed by atoms with van der Waals surface area (Å²) in [7, 11) is 0. The smallest absolute Gasteiger partial charge is 0.223 e. The van der Waals surface area contributed by atoms with Crippen molar-refractivity contribution in [3.05, 3.63) is 47.6 Å². The first-order valence-corrected chi connectivity index (χ1v) is 7.34. The van der Waals surface area contributed by atoms with Gasteiger partial charge in [0.2, 0.25) is 11.8 Å². The average molecular weight is 285 g/mol. The number of carbonyl (C=O) groups is 1. The number of nitrogens with zero attached hydrogens (tertiary/aromatic N) is 3. The highest BCUT2D eigenvalue weighted by Gasteiger charge is 2.32. The first-order chi connectivity index (χ1) is 10.2. The molecule has 1 fully saturated rings. The highest BCUT2D eigenvalue weighted by atomic mass is 16.5. The molecule has 1 atom stereocenters. The predicted molar refractivity (Wildman–Crippen MR) is 77.7 cm³/mol. The Balaban J connectivity index is 1.51. The minimum Gasteiger partial charge on any atom is -0.342 e. The van der Waals surface area contributed by atoms with Crippen molar-refractivity contribution in [1.82, 2.24) is 15.0 Å². The fourth-order valence-corrected chi connectivity index (χ4v) is 2.76. The molecule has 2 heterocycles. The Kier molecular flexibility index (Phi) is 3.99. The number of hydrogen-bond donors (Lipinski definition) is 0. The van der Waals surface area contributed by atoms with Gasteiger partial charge in [0.25, 0.3) is 0 Å². The van der Waals surface area contributed by atoms with E-state index in [4.69, 9.17) is 4.52 Å². The van der Waals surface area contributed by atoms with Crippen molar-refractivity contribution in [3.8, 4) is 0 Å². The van der Waals surface area contributed by atoms with E-state index in [2.05, 4.69) is 22.3 Å². The Morgan fingerprint density at radius 1 is 1.33 bits per heavy atom. The van der Waals surface area contributed by atoms with Crippen LogP contribution in [0.5, 0.6) is 0 Å². The summed E-state index contributed by atoms with van der Waals surface area (Å²) in [5.74, 6) is 1.48. The van der Waals surface area contributed by atoms with Crippen molar-refractivity contribution in [1.29, 1.82) is 0 Å². The van der Waals surface area contributed by atoms with Gasteiger partial charge in [0, 0.05) is 32.4 Å². The van der Waals surface area contributed by atoms with Gasteiger partial charge in [-0.05, 0) is 18.4 Å². The third kappa shape index (κ3) is 3.29. The molecular formula is C16H19N3O2. The van der Waals surface area contributed by atoms with Crippen LogP contribution in [-0.2, 0) is 11.2 Å². The molecule has 2 aromatic rings. The molecule has 5 heteroatoms. The quantitative estimate of drug-likeness (QED) is 0.846. The lowest BCUT2D eigenvalue weighted by atomic mass is 10.1. The van der Waals surface area contributed by atoms with Crippen molar-refractivity contribution in [3.63, 3.8) is 0 Å². The zero-order chi connectivity index (χ0) is 14.7. The van der Waals surface area contributed by atoms with Gasteiger partial charge in [-0.15, -0.1) is 0 Å². The molecule has 1 aliphatic heterocycles. The van der Waals surface area contributed by atoms with Gasteiger partial charge in [-0.25, -0.2) is 0 Å². The number of amides is 1. The van der Waals surface area contributed by atoms with Crippen LogP contribution in [0.3, 0.4) is 0 Å². The highest BCUT2D eigenvalue weighted by molar-refractivity contribution is 5.79. The molecule has 0 spiro atoms. The van der Waals surface area contributed by atoms with E-state index in [9.17, 15) is 4.79 Å². The summed E-state index contributed by atoms with van der Waals surface area (Å²) < 4.78 is 5.00. The minimum absolute atomic E-state index is 0.0756. The van der Waals surface area contributed by atoms with Crippen molar-refractivity contribution >= 4 is 5.91 Å². The van der Waals surface area contributed by atoms with Crippen LogP contribution in [0.25, 0.3) is 0 Å². The molecule has 1 aliphatic rings. The molecule has 1 amide bonds. The van der Waals surface area contributed by atoms with Gasteiger partial charge in [0.1, 0.15) is 0 Å². The molecule has 21 heavy (non-hydrogen) atoms. The van der Waals surface area contributed by atoms with Gasteiger partial charge in [-0.2, -0.15) is 4.98 Å². The Morgan fingerprint density at radius 3 is 2.86 bits per heavy atom. The van der Waals surface area contributed by atoms with Gasteiger partial charge in [0.15, 0.2) is 5.82 Å². The fourth-order valence-electron chi connectivity index (χ4n) is 2.76. The third-order valence-corrected chi connectivity index (χ3v) is 3.86. The summed E-state index contributed by atoms with van der Waals surface area (Å²) in [4.78, 5) is 18.2. The van der Waals surface area contributed by atoms with Gasteiger partial charge in [-0.3, -0.25) is 4.79 Å². The largest absolute Gasteiger partial charge is 0.342 e. The van der Waals surface area contributed by atoms with E-state index in [-0.39, 0.29) is 11.8 Å². The topological polar surface area (TPSA) is 59.2 Å². The van der Waals surface area contributed by atoms with Crippen LogP contribution >= 0.6 is 0 Å². The molecule has 1 aromatic carbocycles. The van der Waals surface area contributed by atoms with E-state index in [1.165, 1.54) is 5.56 Å². The molecule has 5 nitrogen and oxygen atoms in total. The third-order valence-electron chi connectivity index (χ3n) is 3.86. The predicted octanol–water partition coefficient (Wildman–Crippen LogP) is 2.33. The molecular weight excluding hydrogens is 266 g/mol. The summed E-state index contributed by atoms with van der Waals surface area (Å²) in [6, 6.07) is 10.4.